The molecule has 28 heavy (non-hydrogen) atoms. The molecular formula is C17H21FN4O3S3. The molecule has 0 aliphatic carbocycles. The van der Waals surface area contributed by atoms with Gasteiger partial charge in [0.1, 0.15) is 5.82 Å². The number of thioether (sulfide) groups is 1. The van der Waals surface area contributed by atoms with Crippen LogP contribution >= 0.6 is 23.1 Å². The van der Waals surface area contributed by atoms with Crippen molar-refractivity contribution in [3.8, 4) is 0 Å². The molecule has 1 N–H and O–H groups in total. The summed E-state index contributed by atoms with van der Waals surface area (Å²) in [5.74, 6) is -1.24. The summed E-state index contributed by atoms with van der Waals surface area (Å²) in [4.78, 5) is 12.6. The van der Waals surface area contributed by atoms with Gasteiger partial charge in [0.05, 0.1) is 10.8 Å². The van der Waals surface area contributed by atoms with E-state index in [1.807, 2.05) is 13.8 Å². The Balaban J connectivity index is 1.66. The molecule has 7 nitrogen and oxygen atoms in total. The van der Waals surface area contributed by atoms with Crippen LogP contribution < -0.4 is 5.32 Å². The third-order valence-electron chi connectivity index (χ3n) is 4.18. The monoisotopic (exact) mass is 444 g/mol. The van der Waals surface area contributed by atoms with Gasteiger partial charge >= 0.3 is 0 Å². The smallest absolute Gasteiger partial charge is 0.243 e. The van der Waals surface area contributed by atoms with Gasteiger partial charge in [0.2, 0.25) is 21.1 Å². The zero-order chi connectivity index (χ0) is 20.3. The largest absolute Gasteiger partial charge is 0.300 e. The van der Waals surface area contributed by atoms with E-state index in [0.29, 0.717) is 29.8 Å². The topological polar surface area (TPSA) is 92.3 Å². The lowest BCUT2D eigenvalue weighted by molar-refractivity contribution is -0.120. The molecule has 1 saturated heterocycles. The minimum atomic E-state index is -3.77. The zero-order valence-corrected chi connectivity index (χ0v) is 17.9. The fourth-order valence-corrected chi connectivity index (χ4v) is 6.35. The predicted octanol–water partition coefficient (Wildman–Crippen LogP) is 3.22. The van der Waals surface area contributed by atoms with Gasteiger partial charge < -0.3 is 5.32 Å². The summed E-state index contributed by atoms with van der Waals surface area (Å²) in [6, 6.07) is 4.71. The number of carbonyl (C=O) groups is 1. The molecule has 2 heterocycles. The summed E-state index contributed by atoms with van der Waals surface area (Å²) in [5.41, 5.74) is 0. The van der Waals surface area contributed by atoms with Crippen molar-refractivity contribution in [2.24, 2.45) is 5.92 Å². The van der Waals surface area contributed by atoms with Crippen molar-refractivity contribution in [2.75, 3.05) is 18.4 Å². The van der Waals surface area contributed by atoms with E-state index in [4.69, 9.17) is 0 Å². The number of carbonyl (C=O) groups excluding carboxylic acids is 1. The highest BCUT2D eigenvalue weighted by Crippen LogP contribution is 2.30. The normalized spacial score (nSPS) is 18.4. The number of nitrogens with zero attached hydrogens (tertiary/aromatic N) is 3. The number of piperidine rings is 1. The van der Waals surface area contributed by atoms with Gasteiger partial charge in [-0.25, -0.2) is 12.8 Å². The molecule has 2 aromatic rings. The maximum absolute atomic E-state index is 13.1. The van der Waals surface area contributed by atoms with E-state index in [2.05, 4.69) is 15.5 Å². The van der Waals surface area contributed by atoms with E-state index in [1.54, 1.807) is 11.8 Å². The Morgan fingerprint density at radius 3 is 2.71 bits per heavy atom. The lowest BCUT2D eigenvalue weighted by atomic mass is 9.99. The fraction of sp³-hybridized carbons (Fsp3) is 0.471. The van der Waals surface area contributed by atoms with Crippen LogP contribution in [0.15, 0.2) is 33.5 Å². The van der Waals surface area contributed by atoms with Gasteiger partial charge in [0.15, 0.2) is 4.34 Å². The predicted molar refractivity (Wildman–Crippen MR) is 107 cm³/mol. The highest BCUT2D eigenvalue weighted by Gasteiger charge is 2.33. The van der Waals surface area contributed by atoms with Crippen LogP contribution in [-0.4, -0.2) is 47.2 Å². The summed E-state index contributed by atoms with van der Waals surface area (Å²) < 4.78 is 40.7. The first-order chi connectivity index (χ1) is 13.3. The molecule has 1 atom stereocenters. The summed E-state index contributed by atoms with van der Waals surface area (Å²) in [5, 5.41) is 11.5. The molecule has 0 unspecified atom stereocenters. The van der Waals surface area contributed by atoms with E-state index < -0.39 is 21.8 Å². The minimum Gasteiger partial charge on any atom is -0.300 e. The van der Waals surface area contributed by atoms with E-state index >= 15 is 0 Å². The summed E-state index contributed by atoms with van der Waals surface area (Å²) in [6.07, 6.45) is 1.16. The Hall–Kier alpha value is -1.56. The lowest BCUT2D eigenvalue weighted by Gasteiger charge is -2.31. The Labute approximate surface area is 171 Å². The molecule has 11 heteroatoms. The van der Waals surface area contributed by atoms with Crippen LogP contribution in [0.1, 0.15) is 26.7 Å². The first-order valence-electron chi connectivity index (χ1n) is 8.82. The molecule has 1 aromatic carbocycles. The molecule has 1 fully saturated rings. The maximum atomic E-state index is 13.1. The van der Waals surface area contributed by atoms with Crippen LogP contribution in [0.5, 0.6) is 0 Å². The van der Waals surface area contributed by atoms with Gasteiger partial charge in [-0.05, 0) is 37.1 Å². The number of aromatic nitrogens is 2. The third kappa shape index (κ3) is 5.07. The molecule has 1 aromatic heterocycles. The maximum Gasteiger partial charge on any atom is 0.243 e. The van der Waals surface area contributed by atoms with Crippen molar-refractivity contribution in [1.29, 1.82) is 0 Å². The SMILES string of the molecule is CC(C)Sc1nnc(NC(=O)[C@@H]2CCCN(S(=O)(=O)c3ccc(F)cc3)C2)s1. The molecule has 0 radical (unpaired) electrons. The second kappa shape index (κ2) is 8.85. The minimum absolute atomic E-state index is 0.0226. The van der Waals surface area contributed by atoms with Crippen molar-refractivity contribution >= 4 is 44.2 Å². The number of amides is 1. The average molecular weight is 445 g/mol. The molecule has 1 aliphatic heterocycles. The number of halogens is 1. The lowest BCUT2D eigenvalue weighted by Crippen LogP contribution is -2.43. The standard InChI is InChI=1S/C17H21FN4O3S3/c1-11(2)26-17-21-20-16(27-17)19-15(23)12-4-3-9-22(10-12)28(24,25)14-7-5-13(18)6-8-14/h5-8,11-12H,3-4,9-10H2,1-2H3,(H,19,20,23)/t12-/m1/s1. The van der Waals surface area contributed by atoms with Crippen LogP contribution in [0.3, 0.4) is 0 Å². The second-order valence-electron chi connectivity index (χ2n) is 6.69. The van der Waals surface area contributed by atoms with Gasteiger partial charge in [-0.3, -0.25) is 4.79 Å². The quantitative estimate of drug-likeness (QED) is 0.543. The first-order valence-corrected chi connectivity index (χ1v) is 12.0. The van der Waals surface area contributed by atoms with Crippen molar-refractivity contribution in [2.45, 2.75) is 41.2 Å². The number of sulfonamides is 1. The van der Waals surface area contributed by atoms with E-state index in [0.717, 1.165) is 16.5 Å². The Kier molecular flexibility index (Phi) is 6.69. The molecule has 1 amide bonds. The summed E-state index contributed by atoms with van der Waals surface area (Å²) in [6.45, 7) is 4.50. The number of anilines is 1. The Morgan fingerprint density at radius 2 is 2.04 bits per heavy atom. The highest BCUT2D eigenvalue weighted by atomic mass is 32.2. The molecule has 152 valence electrons. The van der Waals surface area contributed by atoms with Crippen LogP contribution in [0.4, 0.5) is 9.52 Å². The number of benzene rings is 1. The van der Waals surface area contributed by atoms with Crippen molar-refractivity contribution in [3.63, 3.8) is 0 Å². The van der Waals surface area contributed by atoms with Crippen LogP contribution in [0.2, 0.25) is 0 Å². The van der Waals surface area contributed by atoms with Crippen molar-refractivity contribution in [1.82, 2.24) is 14.5 Å². The number of nitrogens with one attached hydrogen (secondary N) is 1. The number of hydrogen-bond donors (Lipinski definition) is 1. The first kappa shape index (κ1) is 21.2. The number of rotatable bonds is 6. The van der Waals surface area contributed by atoms with Gasteiger partial charge in [0.25, 0.3) is 0 Å². The summed E-state index contributed by atoms with van der Waals surface area (Å²) >= 11 is 2.86. The third-order valence-corrected chi connectivity index (χ3v) is 7.99. The van der Waals surface area contributed by atoms with Crippen LogP contribution in [0, 0.1) is 11.7 Å². The second-order valence-corrected chi connectivity index (χ2v) is 11.4. The van der Waals surface area contributed by atoms with E-state index in [9.17, 15) is 17.6 Å². The number of hydrogen-bond acceptors (Lipinski definition) is 7. The Morgan fingerprint density at radius 1 is 1.32 bits per heavy atom. The molecule has 0 saturated carbocycles. The molecule has 0 spiro atoms. The van der Waals surface area contributed by atoms with Gasteiger partial charge in [-0.2, -0.15) is 4.31 Å². The van der Waals surface area contributed by atoms with E-state index in [1.165, 1.54) is 27.8 Å². The summed E-state index contributed by atoms with van der Waals surface area (Å²) in [7, 11) is -3.77. The molecular weight excluding hydrogens is 423 g/mol. The zero-order valence-electron chi connectivity index (χ0n) is 15.5. The van der Waals surface area contributed by atoms with Crippen molar-refractivity contribution in [3.05, 3.63) is 30.1 Å². The Bertz CT molecular complexity index is 931. The van der Waals surface area contributed by atoms with Gasteiger partial charge in [-0.1, -0.05) is 36.9 Å². The van der Waals surface area contributed by atoms with Gasteiger partial charge in [0, 0.05) is 18.3 Å². The molecule has 1 aliphatic rings. The van der Waals surface area contributed by atoms with Crippen molar-refractivity contribution < 1.29 is 17.6 Å². The van der Waals surface area contributed by atoms with Crippen LogP contribution in [0.25, 0.3) is 0 Å². The molecule has 0 bridgehead atoms. The van der Waals surface area contributed by atoms with E-state index in [-0.39, 0.29) is 17.3 Å². The highest BCUT2D eigenvalue weighted by molar-refractivity contribution is 8.01. The van der Waals surface area contributed by atoms with Crippen LogP contribution in [-0.2, 0) is 14.8 Å². The van der Waals surface area contributed by atoms with Gasteiger partial charge in [-0.15, -0.1) is 10.2 Å². The molecule has 3 rings (SSSR count). The average Bonchev–Trinajstić information content (AvgIpc) is 3.08. The fourth-order valence-electron chi connectivity index (χ4n) is 2.85.